The van der Waals surface area contributed by atoms with Crippen molar-refractivity contribution in [3.63, 3.8) is 0 Å². The van der Waals surface area contributed by atoms with Crippen LogP contribution < -0.4 is 5.32 Å². The summed E-state index contributed by atoms with van der Waals surface area (Å²) in [5.41, 5.74) is -0.961. The maximum Gasteiger partial charge on any atom is 0.410 e. The van der Waals surface area contributed by atoms with E-state index in [1.165, 1.54) is 31.5 Å². The van der Waals surface area contributed by atoms with Crippen LogP contribution in [0.3, 0.4) is 0 Å². The van der Waals surface area contributed by atoms with Crippen molar-refractivity contribution < 1.29 is 37.3 Å². The number of amides is 1. The number of methoxy groups -OCH3 is 1. The third-order valence-corrected chi connectivity index (χ3v) is 7.35. The number of carboxylic acid groups (broad SMARTS) is 1. The monoisotopic (exact) mass is 573 g/mol. The lowest BCUT2D eigenvalue weighted by molar-refractivity contribution is -0.0655. The average molecular weight is 574 g/mol. The first-order valence-electron chi connectivity index (χ1n) is 13.3. The Bertz CT molecular complexity index is 1450. The second-order valence-corrected chi connectivity index (χ2v) is 11.2. The summed E-state index contributed by atoms with van der Waals surface area (Å²) < 4.78 is 52.9. The van der Waals surface area contributed by atoms with Crippen molar-refractivity contribution in [2.45, 2.75) is 64.2 Å². The van der Waals surface area contributed by atoms with Crippen LogP contribution in [0, 0.1) is 5.82 Å². The Labute approximate surface area is 236 Å². The van der Waals surface area contributed by atoms with E-state index in [9.17, 15) is 27.9 Å². The van der Waals surface area contributed by atoms with E-state index in [1.54, 1.807) is 44.7 Å². The fourth-order valence-corrected chi connectivity index (χ4v) is 5.22. The molecular weight excluding hydrogens is 539 g/mol. The summed E-state index contributed by atoms with van der Waals surface area (Å²) in [6.07, 6.45) is -1.28. The first-order valence-corrected chi connectivity index (χ1v) is 13.3. The number of ether oxygens (including phenoxy) is 2. The number of anilines is 1. The van der Waals surface area contributed by atoms with Crippen LogP contribution in [0.1, 0.15) is 80.1 Å². The number of nitrogens with zero attached hydrogens (tertiary/aromatic N) is 2. The number of hydrogen-bond acceptors (Lipinski definition) is 6. The third-order valence-electron chi connectivity index (χ3n) is 7.35. The molecule has 1 aromatic heterocycles. The number of carbonyl (C=O) groups is 2. The zero-order valence-electron chi connectivity index (χ0n) is 23.6. The molecule has 0 aliphatic carbocycles. The second kappa shape index (κ2) is 11.6. The van der Waals surface area contributed by atoms with E-state index in [2.05, 4.69) is 10.3 Å². The molecule has 0 radical (unpaired) electrons. The van der Waals surface area contributed by atoms with Gasteiger partial charge >= 0.3 is 12.1 Å². The predicted octanol–water partition coefficient (Wildman–Crippen LogP) is 7.06. The molecule has 220 valence electrons. The van der Waals surface area contributed by atoms with E-state index in [4.69, 9.17) is 9.47 Å². The quantitative estimate of drug-likeness (QED) is 0.312. The molecule has 2 aromatic carbocycles. The number of benzene rings is 2. The summed E-state index contributed by atoms with van der Waals surface area (Å²) >= 11 is 0. The Hall–Kier alpha value is -3.86. The van der Waals surface area contributed by atoms with Crippen molar-refractivity contribution in [2.75, 3.05) is 25.5 Å². The van der Waals surface area contributed by atoms with Crippen LogP contribution in [-0.4, -0.2) is 52.9 Å². The molecule has 0 unspecified atom stereocenters. The number of aromatic carboxylic acids is 1. The molecule has 41 heavy (non-hydrogen) atoms. The molecule has 4 rings (SSSR count). The molecule has 1 atom stereocenters. The molecule has 1 fully saturated rings. The van der Waals surface area contributed by atoms with Gasteiger partial charge < -0.3 is 24.8 Å². The van der Waals surface area contributed by atoms with Gasteiger partial charge in [0.25, 0.3) is 6.43 Å². The number of piperidine rings is 1. The minimum atomic E-state index is -2.95. The Morgan fingerprint density at radius 3 is 2.37 bits per heavy atom. The second-order valence-electron chi connectivity index (χ2n) is 11.2. The number of nitrogens with one attached hydrogen (secondary N) is 1. The van der Waals surface area contributed by atoms with Crippen LogP contribution in [0.5, 0.6) is 0 Å². The van der Waals surface area contributed by atoms with E-state index in [0.717, 1.165) is 6.07 Å². The number of likely N-dealkylation sites (tertiary alicyclic amines) is 1. The van der Waals surface area contributed by atoms with Gasteiger partial charge in [-0.15, -0.1) is 0 Å². The number of carboxylic acids is 1. The predicted molar refractivity (Wildman–Crippen MR) is 148 cm³/mol. The Balaban J connectivity index is 1.72. The molecular formula is C30H34F3N3O5. The van der Waals surface area contributed by atoms with Gasteiger partial charge in [0, 0.05) is 43.0 Å². The molecule has 1 aliphatic heterocycles. The van der Waals surface area contributed by atoms with Crippen molar-refractivity contribution in [3.8, 4) is 0 Å². The molecule has 0 bridgehead atoms. The number of pyridine rings is 1. The largest absolute Gasteiger partial charge is 0.478 e. The van der Waals surface area contributed by atoms with Gasteiger partial charge in [-0.1, -0.05) is 18.2 Å². The van der Waals surface area contributed by atoms with Crippen LogP contribution in [-0.2, 0) is 15.1 Å². The highest BCUT2D eigenvalue weighted by molar-refractivity contribution is 5.99. The standard InChI is InChI=1S/C30H34F3N3O5/c1-17(18-7-6-8-19(25(18)31)26(32)33)35-23-9-12-34-24-16-20(27(37)38)22(15-21(23)24)30(40-5)10-13-36(14-11-30)28(39)41-29(2,3)4/h6-9,12,15-17,26H,10-11,13-14H2,1-5H3,(H,34,35)(H,37,38)/t17-/m1/s1. The maximum absolute atomic E-state index is 14.9. The van der Waals surface area contributed by atoms with Gasteiger partial charge in [-0.3, -0.25) is 4.98 Å². The topological polar surface area (TPSA) is 101 Å². The van der Waals surface area contributed by atoms with Crippen LogP contribution in [0.15, 0.2) is 42.6 Å². The molecule has 2 heterocycles. The lowest BCUT2D eigenvalue weighted by atomic mass is 9.80. The lowest BCUT2D eigenvalue weighted by Crippen LogP contribution is -2.48. The van der Waals surface area contributed by atoms with Gasteiger partial charge in [-0.2, -0.15) is 0 Å². The number of aromatic nitrogens is 1. The summed E-state index contributed by atoms with van der Waals surface area (Å²) in [7, 11) is 1.50. The number of alkyl halides is 2. The van der Waals surface area contributed by atoms with E-state index in [1.807, 2.05) is 0 Å². The summed E-state index contributed by atoms with van der Waals surface area (Å²) in [5, 5.41) is 13.8. The highest BCUT2D eigenvalue weighted by atomic mass is 19.3. The Morgan fingerprint density at radius 1 is 1.12 bits per heavy atom. The molecule has 0 spiro atoms. The molecule has 2 N–H and O–H groups in total. The number of fused-ring (bicyclic) bond motifs is 1. The van der Waals surface area contributed by atoms with Crippen molar-refractivity contribution in [1.29, 1.82) is 0 Å². The summed E-state index contributed by atoms with van der Waals surface area (Å²) in [6, 6.07) is 7.98. The first kappa shape index (κ1) is 30.1. The van der Waals surface area contributed by atoms with Crippen molar-refractivity contribution in [3.05, 3.63) is 70.7 Å². The number of halogens is 3. The highest BCUT2D eigenvalue weighted by Crippen LogP contribution is 2.41. The van der Waals surface area contributed by atoms with E-state index in [-0.39, 0.29) is 24.2 Å². The van der Waals surface area contributed by atoms with Gasteiger partial charge in [0.15, 0.2) is 0 Å². The molecule has 0 saturated carbocycles. The number of hydrogen-bond donors (Lipinski definition) is 2. The summed E-state index contributed by atoms with van der Waals surface area (Å²) in [4.78, 5) is 30.9. The number of rotatable bonds is 7. The molecule has 1 amide bonds. The normalized spacial score (nSPS) is 16.1. The van der Waals surface area contributed by atoms with Crippen molar-refractivity contribution in [1.82, 2.24) is 9.88 Å². The maximum atomic E-state index is 14.9. The molecule has 3 aromatic rings. The first-order chi connectivity index (χ1) is 19.3. The lowest BCUT2D eigenvalue weighted by Gasteiger charge is -2.42. The fraction of sp³-hybridized carbons (Fsp3) is 0.433. The van der Waals surface area contributed by atoms with Gasteiger partial charge in [0.1, 0.15) is 11.4 Å². The molecule has 1 aliphatic rings. The Kier molecular flexibility index (Phi) is 8.49. The van der Waals surface area contributed by atoms with Gasteiger partial charge in [-0.05, 0) is 64.3 Å². The van der Waals surface area contributed by atoms with Crippen LogP contribution in [0.4, 0.5) is 23.7 Å². The van der Waals surface area contributed by atoms with Crippen molar-refractivity contribution >= 4 is 28.7 Å². The van der Waals surface area contributed by atoms with E-state index in [0.29, 0.717) is 35.0 Å². The van der Waals surface area contributed by atoms with Gasteiger partial charge in [0.2, 0.25) is 0 Å². The highest BCUT2D eigenvalue weighted by Gasteiger charge is 2.41. The van der Waals surface area contributed by atoms with Crippen LogP contribution >= 0.6 is 0 Å². The summed E-state index contributed by atoms with van der Waals surface area (Å²) in [5.74, 6) is -2.14. The van der Waals surface area contributed by atoms with Gasteiger partial charge in [0.05, 0.1) is 28.3 Å². The Morgan fingerprint density at radius 2 is 1.78 bits per heavy atom. The average Bonchev–Trinajstić information content (AvgIpc) is 2.91. The SMILES string of the molecule is COC1(c2cc3c(N[C@H](C)c4cccc(C(F)F)c4F)ccnc3cc2C(=O)O)CCN(C(=O)OC(C)(C)C)CC1. The smallest absolute Gasteiger partial charge is 0.410 e. The fourth-order valence-electron chi connectivity index (χ4n) is 5.22. The van der Waals surface area contributed by atoms with Crippen LogP contribution in [0.2, 0.25) is 0 Å². The molecule has 11 heteroatoms. The third kappa shape index (κ3) is 6.24. The zero-order valence-corrected chi connectivity index (χ0v) is 23.6. The van der Waals surface area contributed by atoms with Crippen LogP contribution in [0.25, 0.3) is 10.9 Å². The van der Waals surface area contributed by atoms with Gasteiger partial charge in [-0.25, -0.2) is 22.8 Å². The minimum absolute atomic E-state index is 0.0124. The molecule has 8 nitrogen and oxygen atoms in total. The summed E-state index contributed by atoms with van der Waals surface area (Å²) in [6.45, 7) is 7.58. The van der Waals surface area contributed by atoms with Crippen molar-refractivity contribution in [2.24, 2.45) is 0 Å². The minimum Gasteiger partial charge on any atom is -0.478 e. The van der Waals surface area contributed by atoms with E-state index >= 15 is 0 Å². The van der Waals surface area contributed by atoms with E-state index < -0.39 is 47.1 Å². The molecule has 1 saturated heterocycles. The zero-order chi connectivity index (χ0) is 30.1. The number of carbonyl (C=O) groups excluding carboxylic acids is 1.